The summed E-state index contributed by atoms with van der Waals surface area (Å²) >= 11 is 0. The predicted octanol–water partition coefficient (Wildman–Crippen LogP) is 2.07. The molecule has 24 heavy (non-hydrogen) atoms. The minimum Gasteiger partial charge on any atom is -0.467 e. The van der Waals surface area contributed by atoms with Crippen LogP contribution < -0.4 is 0 Å². The van der Waals surface area contributed by atoms with E-state index in [0.29, 0.717) is 25.7 Å². The maximum atomic E-state index is 10.1. The van der Waals surface area contributed by atoms with Crippen molar-refractivity contribution in [1.82, 2.24) is 14.7 Å². The molecule has 0 unspecified atom stereocenters. The van der Waals surface area contributed by atoms with Crippen molar-refractivity contribution in [2.24, 2.45) is 5.92 Å². The number of aryl methyl sites for hydroxylation is 1. The maximum absolute atomic E-state index is 10.1. The van der Waals surface area contributed by atoms with Gasteiger partial charge >= 0.3 is 0 Å². The first-order chi connectivity index (χ1) is 11.7. The molecule has 1 fully saturated rings. The van der Waals surface area contributed by atoms with E-state index in [1.807, 2.05) is 23.0 Å². The van der Waals surface area contributed by atoms with Gasteiger partial charge in [0.15, 0.2) is 0 Å². The molecule has 1 saturated heterocycles. The van der Waals surface area contributed by atoms with Gasteiger partial charge in [0, 0.05) is 19.3 Å². The molecule has 6 heteroatoms. The summed E-state index contributed by atoms with van der Waals surface area (Å²) in [5.74, 6) is 1.46. The Balaban J connectivity index is 1.31. The van der Waals surface area contributed by atoms with Crippen molar-refractivity contribution >= 4 is 0 Å². The normalized spacial score (nSPS) is 18.1. The van der Waals surface area contributed by atoms with E-state index in [-0.39, 0.29) is 0 Å². The molecule has 1 N–H and O–H groups in total. The zero-order valence-electron chi connectivity index (χ0n) is 14.3. The van der Waals surface area contributed by atoms with Gasteiger partial charge in [0.1, 0.15) is 12.4 Å². The number of aliphatic hydroxyl groups is 1. The first kappa shape index (κ1) is 17.2. The number of ether oxygens (including phenoxy) is 1. The lowest BCUT2D eigenvalue weighted by molar-refractivity contribution is -0.000336. The Kier molecular flexibility index (Phi) is 6.07. The summed E-state index contributed by atoms with van der Waals surface area (Å²) in [4.78, 5) is 2.33. The first-order valence-electron chi connectivity index (χ1n) is 8.68. The Bertz CT molecular complexity index is 588. The number of furan rings is 1. The molecule has 2 aromatic heterocycles. The number of hydrogen-bond donors (Lipinski definition) is 1. The topological polar surface area (TPSA) is 63.7 Å². The zero-order chi connectivity index (χ0) is 16.8. The standard InChI is InChI=1S/C18H27N3O3/c1-15-9-19-21(10-15)11-16-4-6-20(7-5-16)12-17(22)13-23-14-18-3-2-8-24-18/h2-3,8-10,16-17,22H,4-7,11-14H2,1H3/t17-/m1/s1. The van der Waals surface area contributed by atoms with Crippen molar-refractivity contribution in [2.45, 2.75) is 39.0 Å². The van der Waals surface area contributed by atoms with Crippen LogP contribution in [0.4, 0.5) is 0 Å². The highest BCUT2D eigenvalue weighted by Crippen LogP contribution is 2.19. The van der Waals surface area contributed by atoms with Gasteiger partial charge in [-0.15, -0.1) is 0 Å². The van der Waals surface area contributed by atoms with Crippen LogP contribution in [-0.4, -0.2) is 52.1 Å². The van der Waals surface area contributed by atoms with Crippen LogP contribution in [0.5, 0.6) is 0 Å². The largest absolute Gasteiger partial charge is 0.467 e. The number of nitrogens with zero attached hydrogens (tertiary/aromatic N) is 3. The van der Waals surface area contributed by atoms with Crippen LogP contribution in [0.3, 0.4) is 0 Å². The summed E-state index contributed by atoms with van der Waals surface area (Å²) in [7, 11) is 0. The fourth-order valence-electron chi connectivity index (χ4n) is 3.22. The van der Waals surface area contributed by atoms with E-state index in [4.69, 9.17) is 9.15 Å². The molecule has 1 aliphatic heterocycles. The number of likely N-dealkylation sites (tertiary alicyclic amines) is 1. The van der Waals surface area contributed by atoms with E-state index < -0.39 is 6.10 Å². The van der Waals surface area contributed by atoms with Crippen molar-refractivity contribution < 1.29 is 14.3 Å². The van der Waals surface area contributed by atoms with E-state index in [1.54, 1.807) is 6.26 Å². The Labute approximate surface area is 143 Å². The summed E-state index contributed by atoms with van der Waals surface area (Å²) in [5, 5.41) is 14.5. The second-order valence-corrected chi connectivity index (χ2v) is 6.73. The van der Waals surface area contributed by atoms with Crippen LogP contribution in [0.1, 0.15) is 24.2 Å². The molecular formula is C18H27N3O3. The predicted molar refractivity (Wildman–Crippen MR) is 90.5 cm³/mol. The van der Waals surface area contributed by atoms with Crippen LogP contribution in [0.25, 0.3) is 0 Å². The van der Waals surface area contributed by atoms with E-state index >= 15 is 0 Å². The van der Waals surface area contributed by atoms with Crippen LogP contribution >= 0.6 is 0 Å². The number of β-amino-alcohol motifs (C(OH)–C–C–N with tert-alkyl or cyclic N) is 1. The average Bonchev–Trinajstić information content (AvgIpc) is 3.21. The third-order valence-electron chi connectivity index (χ3n) is 4.52. The summed E-state index contributed by atoms with van der Waals surface area (Å²) < 4.78 is 12.8. The van der Waals surface area contributed by atoms with Gasteiger partial charge in [-0.2, -0.15) is 5.10 Å². The molecule has 132 valence electrons. The maximum Gasteiger partial charge on any atom is 0.129 e. The van der Waals surface area contributed by atoms with Gasteiger partial charge in [-0.25, -0.2) is 0 Å². The molecule has 6 nitrogen and oxygen atoms in total. The number of aromatic nitrogens is 2. The third-order valence-corrected chi connectivity index (χ3v) is 4.52. The summed E-state index contributed by atoms with van der Waals surface area (Å²) in [6.07, 6.45) is 7.49. The van der Waals surface area contributed by atoms with Gasteiger partial charge in [-0.05, 0) is 56.5 Å². The Morgan fingerprint density at radius 3 is 2.92 bits per heavy atom. The minimum absolute atomic E-state index is 0.340. The number of rotatable bonds is 8. The second-order valence-electron chi connectivity index (χ2n) is 6.73. The van der Waals surface area contributed by atoms with Gasteiger partial charge in [-0.3, -0.25) is 4.68 Å². The summed E-state index contributed by atoms with van der Waals surface area (Å²) in [6, 6.07) is 3.71. The zero-order valence-corrected chi connectivity index (χ0v) is 14.3. The molecule has 0 aliphatic carbocycles. The SMILES string of the molecule is Cc1cnn(CC2CCN(C[C@@H](O)COCc3ccco3)CC2)c1. The van der Waals surface area contributed by atoms with Crippen LogP contribution in [0.15, 0.2) is 35.2 Å². The molecule has 3 rings (SSSR count). The smallest absolute Gasteiger partial charge is 0.129 e. The highest BCUT2D eigenvalue weighted by atomic mass is 16.5. The fraction of sp³-hybridized carbons (Fsp3) is 0.611. The molecule has 0 spiro atoms. The second kappa shape index (κ2) is 8.46. The summed E-state index contributed by atoms with van der Waals surface area (Å²) in [6.45, 7) is 6.55. The Hall–Kier alpha value is -1.63. The molecular weight excluding hydrogens is 306 g/mol. The lowest BCUT2D eigenvalue weighted by Crippen LogP contribution is -2.41. The number of hydrogen-bond acceptors (Lipinski definition) is 5. The highest BCUT2D eigenvalue weighted by molar-refractivity contribution is 4.99. The lowest BCUT2D eigenvalue weighted by Gasteiger charge is -2.33. The van der Waals surface area contributed by atoms with E-state index in [1.165, 1.54) is 5.56 Å². The molecule has 2 aromatic rings. The third kappa shape index (κ3) is 5.19. The molecule has 3 heterocycles. The van der Waals surface area contributed by atoms with Crippen LogP contribution in [0.2, 0.25) is 0 Å². The van der Waals surface area contributed by atoms with Crippen LogP contribution in [0, 0.1) is 12.8 Å². The quantitative estimate of drug-likeness (QED) is 0.801. The first-order valence-corrected chi connectivity index (χ1v) is 8.68. The summed E-state index contributed by atoms with van der Waals surface area (Å²) in [5.41, 5.74) is 1.21. The molecule has 0 radical (unpaired) electrons. The Morgan fingerprint density at radius 1 is 1.42 bits per heavy atom. The average molecular weight is 333 g/mol. The van der Waals surface area contributed by atoms with Crippen molar-refractivity contribution in [3.05, 3.63) is 42.1 Å². The lowest BCUT2D eigenvalue weighted by atomic mass is 9.96. The van der Waals surface area contributed by atoms with Crippen LogP contribution in [-0.2, 0) is 17.9 Å². The molecule has 0 saturated carbocycles. The highest BCUT2D eigenvalue weighted by Gasteiger charge is 2.21. The van der Waals surface area contributed by atoms with Gasteiger partial charge in [0.2, 0.25) is 0 Å². The Morgan fingerprint density at radius 2 is 2.25 bits per heavy atom. The van der Waals surface area contributed by atoms with Crippen molar-refractivity contribution in [3.8, 4) is 0 Å². The van der Waals surface area contributed by atoms with Gasteiger partial charge in [-0.1, -0.05) is 0 Å². The minimum atomic E-state index is -0.453. The van der Waals surface area contributed by atoms with Crippen molar-refractivity contribution in [2.75, 3.05) is 26.2 Å². The fourth-order valence-corrected chi connectivity index (χ4v) is 3.22. The number of aliphatic hydroxyl groups excluding tert-OH is 1. The van der Waals surface area contributed by atoms with Gasteiger partial charge < -0.3 is 19.2 Å². The van der Waals surface area contributed by atoms with E-state index in [0.717, 1.165) is 38.2 Å². The molecule has 1 aliphatic rings. The van der Waals surface area contributed by atoms with E-state index in [9.17, 15) is 5.11 Å². The molecule has 0 aromatic carbocycles. The van der Waals surface area contributed by atoms with Crippen molar-refractivity contribution in [3.63, 3.8) is 0 Å². The molecule has 1 atom stereocenters. The van der Waals surface area contributed by atoms with E-state index in [2.05, 4.69) is 23.1 Å². The van der Waals surface area contributed by atoms with Crippen molar-refractivity contribution in [1.29, 1.82) is 0 Å². The van der Waals surface area contributed by atoms with Gasteiger partial charge in [0.25, 0.3) is 0 Å². The number of piperidine rings is 1. The molecule has 0 bridgehead atoms. The molecule has 0 amide bonds. The monoisotopic (exact) mass is 333 g/mol. The van der Waals surface area contributed by atoms with Gasteiger partial charge in [0.05, 0.1) is 25.2 Å².